The Morgan fingerprint density at radius 1 is 0.938 bits per heavy atom. The lowest BCUT2D eigenvalue weighted by atomic mass is 10.1. The van der Waals surface area contributed by atoms with E-state index >= 15 is 0 Å². The zero-order valence-electron chi connectivity index (χ0n) is 19.1. The van der Waals surface area contributed by atoms with E-state index in [0.717, 1.165) is 11.1 Å². The van der Waals surface area contributed by atoms with E-state index in [1.807, 2.05) is 32.0 Å². The summed E-state index contributed by atoms with van der Waals surface area (Å²) in [4.78, 5) is 54.3. The summed E-state index contributed by atoms with van der Waals surface area (Å²) in [5, 5.41) is 0. The van der Waals surface area contributed by atoms with E-state index < -0.39 is 0 Å². The summed E-state index contributed by atoms with van der Waals surface area (Å²) in [6.07, 6.45) is 0.660. The second-order valence-corrected chi connectivity index (χ2v) is 8.22. The highest BCUT2D eigenvalue weighted by molar-refractivity contribution is 6.21. The summed E-state index contributed by atoms with van der Waals surface area (Å²) in [5.74, 6) is -0.685. The van der Waals surface area contributed by atoms with E-state index in [1.165, 1.54) is 9.80 Å². The summed E-state index contributed by atoms with van der Waals surface area (Å²) < 4.78 is 0. The van der Waals surface area contributed by atoms with Crippen molar-refractivity contribution in [1.82, 2.24) is 14.7 Å². The Hall–Kier alpha value is -3.48. The highest BCUT2D eigenvalue weighted by Gasteiger charge is 2.35. The zero-order chi connectivity index (χ0) is 23.4. The van der Waals surface area contributed by atoms with Crippen molar-refractivity contribution in [2.75, 3.05) is 27.2 Å². The summed E-state index contributed by atoms with van der Waals surface area (Å²) in [6.45, 7) is 5.00. The van der Waals surface area contributed by atoms with Gasteiger partial charge in [0.05, 0.1) is 11.1 Å². The maximum absolute atomic E-state index is 12.7. The molecule has 0 unspecified atom stereocenters. The van der Waals surface area contributed by atoms with E-state index in [2.05, 4.69) is 0 Å². The number of benzene rings is 2. The third-order valence-corrected chi connectivity index (χ3v) is 5.61. The number of hydrogen-bond acceptors (Lipinski definition) is 4. The lowest BCUT2D eigenvalue weighted by Crippen LogP contribution is -2.33. The van der Waals surface area contributed by atoms with Gasteiger partial charge in [-0.05, 0) is 50.1 Å². The molecule has 1 aliphatic rings. The second-order valence-electron chi connectivity index (χ2n) is 8.22. The number of carbonyl (C=O) groups is 4. The molecule has 0 bridgehead atoms. The largest absolute Gasteiger partial charge is 0.345 e. The number of carbonyl (C=O) groups excluding carboxylic acids is 4. The number of imide groups is 1. The topological polar surface area (TPSA) is 78.0 Å². The summed E-state index contributed by atoms with van der Waals surface area (Å²) in [6, 6.07) is 12.5. The van der Waals surface area contributed by atoms with Crippen LogP contribution >= 0.6 is 0 Å². The van der Waals surface area contributed by atoms with Gasteiger partial charge in [0.15, 0.2) is 0 Å². The molecule has 4 amide bonds. The molecule has 1 aliphatic heterocycles. The van der Waals surface area contributed by atoms with Crippen molar-refractivity contribution in [3.05, 3.63) is 70.3 Å². The van der Waals surface area contributed by atoms with E-state index in [0.29, 0.717) is 36.2 Å². The van der Waals surface area contributed by atoms with Gasteiger partial charge in [0.2, 0.25) is 5.91 Å². The van der Waals surface area contributed by atoms with Crippen LogP contribution in [0.5, 0.6) is 0 Å². The smallest absolute Gasteiger partial charge is 0.261 e. The lowest BCUT2D eigenvalue weighted by Gasteiger charge is -2.22. The molecule has 0 saturated heterocycles. The molecule has 0 aliphatic carbocycles. The Bertz CT molecular complexity index is 1040. The summed E-state index contributed by atoms with van der Waals surface area (Å²) in [5.41, 5.74) is 3.33. The monoisotopic (exact) mass is 435 g/mol. The molecule has 32 heavy (non-hydrogen) atoms. The second kappa shape index (κ2) is 9.77. The Morgan fingerprint density at radius 3 is 2.22 bits per heavy atom. The Balaban J connectivity index is 1.54. The van der Waals surface area contributed by atoms with Gasteiger partial charge in [0.25, 0.3) is 17.7 Å². The minimum atomic E-state index is -0.294. The molecular formula is C25H29N3O4. The lowest BCUT2D eigenvalue weighted by molar-refractivity contribution is -0.131. The minimum absolute atomic E-state index is 0.0339. The molecule has 0 fully saturated rings. The summed E-state index contributed by atoms with van der Waals surface area (Å²) in [7, 11) is 3.41. The van der Waals surface area contributed by atoms with Crippen LogP contribution in [-0.4, -0.2) is 65.5 Å². The molecule has 168 valence electrons. The molecular weight excluding hydrogens is 406 g/mol. The molecule has 2 aromatic carbocycles. The van der Waals surface area contributed by atoms with E-state index in [4.69, 9.17) is 0 Å². The van der Waals surface area contributed by atoms with Crippen LogP contribution in [-0.2, 0) is 11.3 Å². The van der Waals surface area contributed by atoms with Crippen LogP contribution < -0.4 is 0 Å². The number of fused-ring (bicyclic) bond motifs is 1. The number of amides is 4. The van der Waals surface area contributed by atoms with Gasteiger partial charge in [-0.2, -0.15) is 0 Å². The van der Waals surface area contributed by atoms with Gasteiger partial charge in [-0.3, -0.25) is 24.1 Å². The summed E-state index contributed by atoms with van der Waals surface area (Å²) >= 11 is 0. The molecule has 3 rings (SSSR count). The molecule has 7 heteroatoms. The molecule has 2 aromatic rings. The van der Waals surface area contributed by atoms with Crippen LogP contribution in [0, 0.1) is 6.92 Å². The van der Waals surface area contributed by atoms with Gasteiger partial charge >= 0.3 is 0 Å². The molecule has 0 aromatic heterocycles. The van der Waals surface area contributed by atoms with Crippen molar-refractivity contribution >= 4 is 23.6 Å². The first-order valence-corrected chi connectivity index (χ1v) is 10.8. The van der Waals surface area contributed by atoms with Crippen molar-refractivity contribution in [1.29, 1.82) is 0 Å². The molecule has 7 nitrogen and oxygen atoms in total. The fourth-order valence-electron chi connectivity index (χ4n) is 3.76. The van der Waals surface area contributed by atoms with Crippen LogP contribution in [0.25, 0.3) is 0 Å². The molecule has 0 spiro atoms. The normalized spacial score (nSPS) is 12.7. The predicted molar refractivity (Wildman–Crippen MR) is 121 cm³/mol. The first-order chi connectivity index (χ1) is 15.2. The average molecular weight is 436 g/mol. The van der Waals surface area contributed by atoms with Crippen LogP contribution in [0.3, 0.4) is 0 Å². The van der Waals surface area contributed by atoms with Crippen LogP contribution in [0.4, 0.5) is 0 Å². The molecule has 0 N–H and O–H groups in total. The third kappa shape index (κ3) is 4.88. The fraction of sp³-hybridized carbons (Fsp3) is 0.360. The fourth-order valence-corrected chi connectivity index (χ4v) is 3.76. The van der Waals surface area contributed by atoms with Crippen molar-refractivity contribution < 1.29 is 19.2 Å². The van der Waals surface area contributed by atoms with Crippen LogP contribution in [0.2, 0.25) is 0 Å². The first-order valence-electron chi connectivity index (χ1n) is 10.8. The van der Waals surface area contributed by atoms with E-state index in [9.17, 15) is 19.2 Å². The average Bonchev–Trinajstić information content (AvgIpc) is 3.01. The Morgan fingerprint density at radius 2 is 1.59 bits per heavy atom. The zero-order valence-corrected chi connectivity index (χ0v) is 19.1. The first kappa shape index (κ1) is 23.2. The van der Waals surface area contributed by atoms with Crippen molar-refractivity contribution in [2.45, 2.75) is 33.2 Å². The van der Waals surface area contributed by atoms with Crippen molar-refractivity contribution in [2.24, 2.45) is 0 Å². The SMILES string of the molecule is CCN(Cc1ccc(C(=O)N(C)C)cc1)C(=O)CCCN1C(=O)c2ccc(C)cc2C1=O. The van der Waals surface area contributed by atoms with E-state index in [1.54, 1.807) is 43.3 Å². The highest BCUT2D eigenvalue weighted by Crippen LogP contribution is 2.24. The number of rotatable bonds is 8. The van der Waals surface area contributed by atoms with Crippen LogP contribution in [0.15, 0.2) is 42.5 Å². The third-order valence-electron chi connectivity index (χ3n) is 5.61. The molecule has 0 saturated carbocycles. The van der Waals surface area contributed by atoms with Gasteiger partial charge in [0.1, 0.15) is 0 Å². The van der Waals surface area contributed by atoms with Crippen molar-refractivity contribution in [3.63, 3.8) is 0 Å². The number of nitrogens with zero attached hydrogens (tertiary/aromatic N) is 3. The van der Waals surface area contributed by atoms with Crippen LogP contribution in [0.1, 0.15) is 62.0 Å². The number of hydrogen-bond donors (Lipinski definition) is 0. The molecule has 1 heterocycles. The maximum Gasteiger partial charge on any atom is 0.261 e. The Kier molecular flexibility index (Phi) is 7.08. The van der Waals surface area contributed by atoms with Gasteiger partial charge in [-0.15, -0.1) is 0 Å². The highest BCUT2D eigenvalue weighted by atomic mass is 16.2. The number of aryl methyl sites for hydroxylation is 1. The van der Waals surface area contributed by atoms with Crippen molar-refractivity contribution in [3.8, 4) is 0 Å². The van der Waals surface area contributed by atoms with Gasteiger partial charge in [-0.1, -0.05) is 23.8 Å². The molecule has 0 atom stereocenters. The Labute approximate surface area is 188 Å². The van der Waals surface area contributed by atoms with Gasteiger partial charge in [-0.25, -0.2) is 0 Å². The minimum Gasteiger partial charge on any atom is -0.345 e. The quantitative estimate of drug-likeness (QED) is 0.597. The maximum atomic E-state index is 12.7. The standard InChI is InChI=1S/C25H29N3O4/c1-5-27(16-18-9-11-19(12-10-18)23(30)26(3)4)22(29)7-6-14-28-24(31)20-13-8-17(2)15-21(20)25(28)32/h8-13,15H,5-7,14,16H2,1-4H3. The van der Waals surface area contributed by atoms with Gasteiger partial charge in [0, 0.05) is 45.7 Å². The van der Waals surface area contributed by atoms with E-state index in [-0.39, 0.29) is 36.6 Å². The predicted octanol–water partition coefficient (Wildman–Crippen LogP) is 3.12. The van der Waals surface area contributed by atoms with Gasteiger partial charge < -0.3 is 9.80 Å². The molecule has 0 radical (unpaired) electrons.